The standard InChI is InChI=1S/C16H18FN3S/c1-12-8-10-18-15(11-12)20-16(21)19-9-2-3-13-4-6-14(17)7-5-13/h4-8,10-11H,2-3,9H2,1H3,(H2,18,19,20,21). The lowest BCUT2D eigenvalue weighted by Crippen LogP contribution is -2.29. The fourth-order valence-corrected chi connectivity index (χ4v) is 2.12. The van der Waals surface area contributed by atoms with E-state index in [0.717, 1.165) is 36.3 Å². The summed E-state index contributed by atoms with van der Waals surface area (Å²) in [6.07, 6.45) is 3.56. The highest BCUT2D eigenvalue weighted by molar-refractivity contribution is 7.80. The Labute approximate surface area is 129 Å². The van der Waals surface area contributed by atoms with Gasteiger partial charge in [-0.1, -0.05) is 12.1 Å². The van der Waals surface area contributed by atoms with Crippen molar-refractivity contribution in [3.05, 3.63) is 59.5 Å². The van der Waals surface area contributed by atoms with E-state index in [1.807, 2.05) is 31.2 Å². The number of pyridine rings is 1. The average molecular weight is 303 g/mol. The number of anilines is 1. The summed E-state index contributed by atoms with van der Waals surface area (Å²) in [6.45, 7) is 2.76. The quantitative estimate of drug-likeness (QED) is 0.655. The van der Waals surface area contributed by atoms with Crippen LogP contribution < -0.4 is 10.6 Å². The number of halogens is 1. The Morgan fingerprint density at radius 2 is 2.00 bits per heavy atom. The van der Waals surface area contributed by atoms with Crippen molar-refractivity contribution in [2.75, 3.05) is 11.9 Å². The van der Waals surface area contributed by atoms with Gasteiger partial charge in [0.05, 0.1) is 0 Å². The molecule has 0 saturated heterocycles. The number of hydrogen-bond acceptors (Lipinski definition) is 2. The molecule has 5 heteroatoms. The average Bonchev–Trinajstić information content (AvgIpc) is 2.45. The normalized spacial score (nSPS) is 10.2. The van der Waals surface area contributed by atoms with Crippen molar-refractivity contribution in [3.8, 4) is 0 Å². The van der Waals surface area contributed by atoms with E-state index < -0.39 is 0 Å². The van der Waals surface area contributed by atoms with Crippen LogP contribution >= 0.6 is 12.2 Å². The van der Waals surface area contributed by atoms with Crippen LogP contribution in [-0.4, -0.2) is 16.6 Å². The van der Waals surface area contributed by atoms with Crippen molar-refractivity contribution in [1.29, 1.82) is 0 Å². The summed E-state index contributed by atoms with van der Waals surface area (Å²) in [5, 5.41) is 6.75. The molecule has 0 amide bonds. The number of rotatable bonds is 5. The number of aryl methyl sites for hydroxylation is 2. The molecule has 1 aromatic heterocycles. The second-order valence-corrected chi connectivity index (χ2v) is 5.24. The first-order valence-corrected chi connectivity index (χ1v) is 7.26. The Hall–Kier alpha value is -2.01. The van der Waals surface area contributed by atoms with Gasteiger partial charge < -0.3 is 10.6 Å². The van der Waals surface area contributed by atoms with Crippen LogP contribution in [0.5, 0.6) is 0 Å². The Kier molecular flexibility index (Phi) is 5.63. The Morgan fingerprint density at radius 3 is 2.71 bits per heavy atom. The molecule has 2 rings (SSSR count). The molecular weight excluding hydrogens is 285 g/mol. The zero-order valence-corrected chi connectivity index (χ0v) is 12.7. The third-order valence-corrected chi connectivity index (χ3v) is 3.24. The van der Waals surface area contributed by atoms with E-state index in [0.29, 0.717) is 5.11 Å². The van der Waals surface area contributed by atoms with Gasteiger partial charge in [-0.05, 0) is 67.4 Å². The van der Waals surface area contributed by atoms with E-state index in [2.05, 4.69) is 15.6 Å². The Balaban J connectivity index is 1.68. The SMILES string of the molecule is Cc1ccnc(NC(=S)NCCCc2ccc(F)cc2)c1. The van der Waals surface area contributed by atoms with E-state index in [1.165, 1.54) is 12.1 Å². The molecule has 0 spiro atoms. The predicted octanol–water partition coefficient (Wildman–Crippen LogP) is 3.45. The van der Waals surface area contributed by atoms with Gasteiger partial charge in [-0.15, -0.1) is 0 Å². The van der Waals surface area contributed by atoms with E-state index >= 15 is 0 Å². The van der Waals surface area contributed by atoms with Crippen LogP contribution in [0.15, 0.2) is 42.6 Å². The van der Waals surface area contributed by atoms with Crippen LogP contribution in [0.2, 0.25) is 0 Å². The van der Waals surface area contributed by atoms with Crippen molar-refractivity contribution in [3.63, 3.8) is 0 Å². The number of nitrogens with zero attached hydrogens (tertiary/aromatic N) is 1. The molecule has 2 aromatic rings. The van der Waals surface area contributed by atoms with E-state index in [4.69, 9.17) is 12.2 Å². The fourth-order valence-electron chi connectivity index (χ4n) is 1.91. The second-order valence-electron chi connectivity index (χ2n) is 4.83. The first-order chi connectivity index (χ1) is 10.1. The Morgan fingerprint density at radius 1 is 1.24 bits per heavy atom. The molecule has 0 radical (unpaired) electrons. The second kappa shape index (κ2) is 7.69. The summed E-state index contributed by atoms with van der Waals surface area (Å²) < 4.78 is 12.8. The third-order valence-electron chi connectivity index (χ3n) is 3.00. The van der Waals surface area contributed by atoms with Crippen molar-refractivity contribution in [2.45, 2.75) is 19.8 Å². The molecular formula is C16H18FN3S. The van der Waals surface area contributed by atoms with Crippen molar-refractivity contribution >= 4 is 23.1 Å². The fraction of sp³-hybridized carbons (Fsp3) is 0.250. The van der Waals surface area contributed by atoms with Gasteiger partial charge in [-0.3, -0.25) is 0 Å². The topological polar surface area (TPSA) is 37.0 Å². The minimum atomic E-state index is -0.201. The highest BCUT2D eigenvalue weighted by Gasteiger charge is 1.99. The van der Waals surface area contributed by atoms with Crippen LogP contribution in [0, 0.1) is 12.7 Å². The lowest BCUT2D eigenvalue weighted by atomic mass is 10.1. The number of thiocarbonyl (C=S) groups is 1. The maximum atomic E-state index is 12.8. The maximum absolute atomic E-state index is 12.8. The molecule has 0 unspecified atom stereocenters. The molecule has 0 fully saturated rings. The van der Waals surface area contributed by atoms with Gasteiger partial charge in [0.1, 0.15) is 11.6 Å². The van der Waals surface area contributed by atoms with Crippen molar-refractivity contribution < 1.29 is 4.39 Å². The molecule has 0 aliphatic rings. The minimum Gasteiger partial charge on any atom is -0.362 e. The summed E-state index contributed by atoms with van der Waals surface area (Å²) in [5.74, 6) is 0.541. The van der Waals surface area contributed by atoms with E-state index in [-0.39, 0.29) is 5.82 Å². The Bertz CT molecular complexity index is 599. The summed E-state index contributed by atoms with van der Waals surface area (Å²) >= 11 is 5.21. The number of benzene rings is 1. The first-order valence-electron chi connectivity index (χ1n) is 6.85. The molecule has 1 aromatic carbocycles. The van der Waals surface area contributed by atoms with Crippen LogP contribution in [0.4, 0.5) is 10.2 Å². The highest BCUT2D eigenvalue weighted by atomic mass is 32.1. The third kappa shape index (κ3) is 5.47. The van der Waals surface area contributed by atoms with Gasteiger partial charge >= 0.3 is 0 Å². The van der Waals surface area contributed by atoms with Gasteiger partial charge in [-0.2, -0.15) is 0 Å². The minimum absolute atomic E-state index is 0.201. The monoisotopic (exact) mass is 303 g/mol. The van der Waals surface area contributed by atoms with Crippen LogP contribution in [0.25, 0.3) is 0 Å². The van der Waals surface area contributed by atoms with Gasteiger partial charge in [0.2, 0.25) is 0 Å². The first kappa shape index (κ1) is 15.4. The van der Waals surface area contributed by atoms with Gasteiger partial charge in [-0.25, -0.2) is 9.37 Å². The maximum Gasteiger partial charge on any atom is 0.171 e. The zero-order valence-electron chi connectivity index (χ0n) is 11.9. The molecule has 1 heterocycles. The molecule has 0 atom stereocenters. The van der Waals surface area contributed by atoms with Gasteiger partial charge in [0.25, 0.3) is 0 Å². The van der Waals surface area contributed by atoms with Gasteiger partial charge in [0.15, 0.2) is 5.11 Å². The molecule has 2 N–H and O–H groups in total. The highest BCUT2D eigenvalue weighted by Crippen LogP contribution is 2.06. The smallest absolute Gasteiger partial charge is 0.171 e. The van der Waals surface area contributed by atoms with E-state index in [1.54, 1.807) is 6.20 Å². The molecule has 21 heavy (non-hydrogen) atoms. The summed E-state index contributed by atoms with van der Waals surface area (Å²) in [5.41, 5.74) is 2.25. The van der Waals surface area contributed by atoms with E-state index in [9.17, 15) is 4.39 Å². The largest absolute Gasteiger partial charge is 0.362 e. The summed E-state index contributed by atoms with van der Waals surface area (Å²) in [6, 6.07) is 10.5. The van der Waals surface area contributed by atoms with Crippen LogP contribution in [0.1, 0.15) is 17.5 Å². The zero-order chi connectivity index (χ0) is 15.1. The lowest BCUT2D eigenvalue weighted by molar-refractivity contribution is 0.626. The summed E-state index contributed by atoms with van der Waals surface area (Å²) in [4.78, 5) is 4.19. The summed E-state index contributed by atoms with van der Waals surface area (Å²) in [7, 11) is 0. The lowest BCUT2D eigenvalue weighted by Gasteiger charge is -2.10. The molecule has 3 nitrogen and oxygen atoms in total. The molecule has 0 saturated carbocycles. The van der Waals surface area contributed by atoms with Crippen LogP contribution in [-0.2, 0) is 6.42 Å². The molecule has 110 valence electrons. The number of aromatic nitrogens is 1. The number of nitrogens with one attached hydrogen (secondary N) is 2. The number of hydrogen-bond donors (Lipinski definition) is 2. The van der Waals surface area contributed by atoms with Gasteiger partial charge in [0, 0.05) is 12.7 Å². The van der Waals surface area contributed by atoms with Crippen molar-refractivity contribution in [2.24, 2.45) is 0 Å². The predicted molar refractivity (Wildman–Crippen MR) is 87.9 cm³/mol. The van der Waals surface area contributed by atoms with Crippen LogP contribution in [0.3, 0.4) is 0 Å². The van der Waals surface area contributed by atoms with Crippen molar-refractivity contribution in [1.82, 2.24) is 10.3 Å². The molecule has 0 aliphatic heterocycles. The molecule has 0 aliphatic carbocycles. The molecule has 0 bridgehead atoms.